The van der Waals surface area contributed by atoms with Crippen LogP contribution in [0.25, 0.3) is 0 Å². The summed E-state index contributed by atoms with van der Waals surface area (Å²) < 4.78 is 42.0. The smallest absolute Gasteiger partial charge is 0.436 e. The van der Waals surface area contributed by atoms with Crippen molar-refractivity contribution in [1.82, 2.24) is 9.97 Å². The summed E-state index contributed by atoms with van der Waals surface area (Å²) in [6.45, 7) is 4.91. The topological polar surface area (TPSA) is 64.1 Å². The van der Waals surface area contributed by atoms with Crippen LogP contribution in [0.5, 0.6) is 0 Å². The Morgan fingerprint density at radius 1 is 1.37 bits per heavy atom. The molecular formula is C10H11ClF3N3O2. The number of alkyl halides is 3. The average Bonchev–Trinajstić information content (AvgIpc) is 2.11. The molecule has 1 aromatic heterocycles. The maximum absolute atomic E-state index is 12.4. The molecule has 106 valence electrons. The van der Waals surface area contributed by atoms with Crippen molar-refractivity contribution in [3.63, 3.8) is 0 Å². The second-order valence-corrected chi connectivity index (χ2v) is 4.88. The summed E-state index contributed by atoms with van der Waals surface area (Å²) in [6, 6.07) is 0. The van der Waals surface area contributed by atoms with E-state index < -0.39 is 28.7 Å². The average molecular weight is 298 g/mol. The van der Waals surface area contributed by atoms with Gasteiger partial charge in [-0.3, -0.25) is 5.32 Å². The molecule has 1 rings (SSSR count). The molecule has 0 aliphatic heterocycles. The number of carbonyl (C=O) groups is 1. The van der Waals surface area contributed by atoms with Crippen LogP contribution in [0.1, 0.15) is 26.5 Å². The number of rotatable bonds is 1. The van der Waals surface area contributed by atoms with Crippen molar-refractivity contribution in [1.29, 1.82) is 0 Å². The van der Waals surface area contributed by atoms with Crippen LogP contribution in [0.2, 0.25) is 5.15 Å². The monoisotopic (exact) mass is 297 g/mol. The summed E-state index contributed by atoms with van der Waals surface area (Å²) in [5, 5.41) is 1.29. The highest BCUT2D eigenvalue weighted by Crippen LogP contribution is 2.32. The lowest BCUT2D eigenvalue weighted by Gasteiger charge is -2.19. The molecule has 9 heteroatoms. The van der Waals surface area contributed by atoms with Gasteiger partial charge >= 0.3 is 12.3 Å². The van der Waals surface area contributed by atoms with Gasteiger partial charge in [0.25, 0.3) is 0 Å². The van der Waals surface area contributed by atoms with Crippen LogP contribution in [-0.2, 0) is 10.9 Å². The third-order valence-corrected chi connectivity index (χ3v) is 1.89. The normalized spacial score (nSPS) is 12.2. The van der Waals surface area contributed by atoms with Gasteiger partial charge in [-0.2, -0.15) is 13.2 Å². The maximum atomic E-state index is 12.4. The second-order valence-electron chi connectivity index (χ2n) is 4.52. The Bertz CT molecular complexity index is 486. The van der Waals surface area contributed by atoms with Crippen LogP contribution in [0.15, 0.2) is 6.20 Å². The quantitative estimate of drug-likeness (QED) is 0.861. The van der Waals surface area contributed by atoms with E-state index in [4.69, 9.17) is 16.3 Å². The van der Waals surface area contributed by atoms with Crippen molar-refractivity contribution >= 4 is 23.5 Å². The summed E-state index contributed by atoms with van der Waals surface area (Å²) in [5.41, 5.74) is -2.06. The fraction of sp³-hybridized carbons (Fsp3) is 0.500. The predicted molar refractivity (Wildman–Crippen MR) is 61.9 cm³/mol. The van der Waals surface area contributed by atoms with Crippen molar-refractivity contribution in [2.45, 2.75) is 32.5 Å². The minimum atomic E-state index is -4.70. The van der Waals surface area contributed by atoms with Crippen LogP contribution in [-0.4, -0.2) is 21.7 Å². The highest BCUT2D eigenvalue weighted by atomic mass is 35.5. The van der Waals surface area contributed by atoms with E-state index in [0.717, 1.165) is 6.20 Å². The molecule has 0 unspecified atom stereocenters. The molecule has 0 fully saturated rings. The van der Waals surface area contributed by atoms with Crippen LogP contribution in [0.3, 0.4) is 0 Å². The number of carbonyl (C=O) groups excluding carboxylic acids is 1. The Balaban J connectivity index is 2.83. The molecule has 0 aliphatic carbocycles. The molecule has 0 aromatic carbocycles. The number of nitrogens with one attached hydrogen (secondary N) is 1. The first-order chi connectivity index (χ1) is 8.49. The number of halogens is 4. The van der Waals surface area contributed by atoms with Gasteiger partial charge in [-0.25, -0.2) is 14.8 Å². The Morgan fingerprint density at radius 3 is 2.37 bits per heavy atom. The summed E-state index contributed by atoms with van der Waals surface area (Å²) in [5.74, 6) is -0.229. The van der Waals surface area contributed by atoms with Gasteiger partial charge in [0, 0.05) is 0 Å². The van der Waals surface area contributed by atoms with Crippen molar-refractivity contribution < 1.29 is 22.7 Å². The minimum Gasteiger partial charge on any atom is -0.444 e. The van der Waals surface area contributed by atoms with Gasteiger partial charge in [-0.1, -0.05) is 11.6 Å². The molecule has 0 bridgehead atoms. The van der Waals surface area contributed by atoms with Crippen molar-refractivity contribution in [3.8, 4) is 0 Å². The highest BCUT2D eigenvalue weighted by Gasteiger charge is 2.36. The zero-order chi connectivity index (χ0) is 14.8. The number of hydrogen-bond acceptors (Lipinski definition) is 4. The fourth-order valence-corrected chi connectivity index (χ4v) is 1.27. The molecule has 0 aliphatic rings. The number of hydrogen-bond donors (Lipinski definition) is 1. The van der Waals surface area contributed by atoms with Crippen LogP contribution >= 0.6 is 11.6 Å². The lowest BCUT2D eigenvalue weighted by Crippen LogP contribution is -2.27. The van der Waals surface area contributed by atoms with E-state index in [1.165, 1.54) is 0 Å². The summed E-state index contributed by atoms with van der Waals surface area (Å²) in [6.07, 6.45) is -4.81. The number of amides is 1. The molecule has 0 saturated heterocycles. The largest absolute Gasteiger partial charge is 0.444 e. The van der Waals surface area contributed by atoms with E-state index in [1.807, 2.05) is 0 Å². The third-order valence-electron chi connectivity index (χ3n) is 1.63. The molecule has 0 atom stereocenters. The minimum absolute atomic E-state index is 0.229. The highest BCUT2D eigenvalue weighted by molar-refractivity contribution is 6.30. The molecule has 1 heterocycles. The van der Waals surface area contributed by atoms with Gasteiger partial charge in [0.05, 0.1) is 6.20 Å². The number of anilines is 1. The molecule has 1 amide bonds. The zero-order valence-corrected chi connectivity index (χ0v) is 11.1. The van der Waals surface area contributed by atoms with Crippen LogP contribution in [0, 0.1) is 0 Å². The fourth-order valence-electron chi connectivity index (χ4n) is 1.03. The SMILES string of the molecule is CC(C)(C)OC(=O)Nc1cnc(C(F)(F)F)c(Cl)n1. The zero-order valence-electron chi connectivity index (χ0n) is 10.3. The van der Waals surface area contributed by atoms with E-state index in [0.29, 0.717) is 0 Å². The number of ether oxygens (including phenoxy) is 1. The summed E-state index contributed by atoms with van der Waals surface area (Å²) in [4.78, 5) is 17.8. The lowest BCUT2D eigenvalue weighted by atomic mass is 10.2. The Morgan fingerprint density at radius 2 is 1.95 bits per heavy atom. The molecule has 1 N–H and O–H groups in total. The Labute approximate surface area is 112 Å². The first kappa shape index (κ1) is 15.5. The Hall–Kier alpha value is -1.57. The molecule has 0 saturated carbocycles. The molecular weight excluding hydrogens is 287 g/mol. The van der Waals surface area contributed by atoms with Crippen molar-refractivity contribution in [3.05, 3.63) is 17.0 Å². The third kappa shape index (κ3) is 4.90. The molecule has 5 nitrogen and oxygen atoms in total. The van der Waals surface area contributed by atoms with Gasteiger partial charge in [0.15, 0.2) is 16.7 Å². The van der Waals surface area contributed by atoms with Gasteiger partial charge in [-0.15, -0.1) is 0 Å². The predicted octanol–water partition coefficient (Wildman–Crippen LogP) is 3.50. The van der Waals surface area contributed by atoms with Crippen LogP contribution < -0.4 is 5.32 Å². The van der Waals surface area contributed by atoms with Gasteiger partial charge in [0.1, 0.15) is 5.60 Å². The van der Waals surface area contributed by atoms with E-state index in [-0.39, 0.29) is 5.82 Å². The van der Waals surface area contributed by atoms with Crippen LogP contribution in [0.4, 0.5) is 23.8 Å². The van der Waals surface area contributed by atoms with E-state index in [1.54, 1.807) is 20.8 Å². The standard InChI is InChI=1S/C10H11ClF3N3O2/c1-9(2,3)19-8(18)17-5-4-15-6(7(11)16-5)10(12,13)14/h4H,1-3H3,(H,16,17,18). The Kier molecular flexibility index (Phi) is 4.24. The number of aromatic nitrogens is 2. The van der Waals surface area contributed by atoms with E-state index in [9.17, 15) is 18.0 Å². The first-order valence-electron chi connectivity index (χ1n) is 5.09. The summed E-state index contributed by atoms with van der Waals surface area (Å²) >= 11 is 5.34. The van der Waals surface area contributed by atoms with E-state index in [2.05, 4.69) is 15.3 Å². The van der Waals surface area contributed by atoms with Crippen molar-refractivity contribution in [2.24, 2.45) is 0 Å². The lowest BCUT2D eigenvalue weighted by molar-refractivity contribution is -0.141. The molecule has 19 heavy (non-hydrogen) atoms. The molecule has 0 spiro atoms. The van der Waals surface area contributed by atoms with Gasteiger partial charge in [0.2, 0.25) is 0 Å². The molecule has 1 aromatic rings. The maximum Gasteiger partial charge on any atom is 0.436 e. The van der Waals surface area contributed by atoms with Gasteiger partial charge in [-0.05, 0) is 20.8 Å². The second kappa shape index (κ2) is 5.20. The number of nitrogens with zero attached hydrogens (tertiary/aromatic N) is 2. The van der Waals surface area contributed by atoms with Gasteiger partial charge < -0.3 is 4.74 Å². The van der Waals surface area contributed by atoms with Crippen molar-refractivity contribution in [2.75, 3.05) is 5.32 Å². The first-order valence-corrected chi connectivity index (χ1v) is 5.46. The summed E-state index contributed by atoms with van der Waals surface area (Å²) in [7, 11) is 0. The van der Waals surface area contributed by atoms with E-state index >= 15 is 0 Å². The molecule has 0 radical (unpaired) electrons.